The van der Waals surface area contributed by atoms with E-state index in [4.69, 9.17) is 0 Å². The summed E-state index contributed by atoms with van der Waals surface area (Å²) in [6.45, 7) is 6.05. The van der Waals surface area contributed by atoms with Gasteiger partial charge in [-0.3, -0.25) is 0 Å². The Morgan fingerprint density at radius 1 is 1.33 bits per heavy atom. The molecule has 0 aliphatic heterocycles. The second-order valence-corrected chi connectivity index (χ2v) is 6.16. The maximum Gasteiger partial charge on any atom is 0.224 e. The molecular formula is C13H22N4S. The zero-order valence-electron chi connectivity index (χ0n) is 11.4. The molecular weight excluding hydrogens is 244 g/mol. The van der Waals surface area contributed by atoms with Crippen molar-refractivity contribution in [3.05, 3.63) is 11.8 Å². The van der Waals surface area contributed by atoms with Crippen LogP contribution in [-0.4, -0.2) is 34.1 Å². The highest BCUT2D eigenvalue weighted by Crippen LogP contribution is 2.46. The maximum atomic E-state index is 4.49. The predicted molar refractivity (Wildman–Crippen MR) is 79.5 cm³/mol. The Kier molecular flexibility index (Phi) is 4.32. The smallest absolute Gasteiger partial charge is 0.224 e. The van der Waals surface area contributed by atoms with Crippen LogP contribution in [0, 0.1) is 6.92 Å². The van der Waals surface area contributed by atoms with Gasteiger partial charge in [-0.15, -0.1) is 0 Å². The van der Waals surface area contributed by atoms with E-state index in [1.165, 1.54) is 12.8 Å². The molecule has 1 aromatic rings. The lowest BCUT2D eigenvalue weighted by Crippen LogP contribution is -2.18. The van der Waals surface area contributed by atoms with Crippen LogP contribution in [0.15, 0.2) is 6.07 Å². The lowest BCUT2D eigenvalue weighted by Gasteiger charge is -2.14. The summed E-state index contributed by atoms with van der Waals surface area (Å²) in [5.41, 5.74) is 1.00. The van der Waals surface area contributed by atoms with Gasteiger partial charge in [-0.1, -0.05) is 6.92 Å². The van der Waals surface area contributed by atoms with Gasteiger partial charge in [-0.2, -0.15) is 16.7 Å². The zero-order valence-corrected chi connectivity index (χ0v) is 12.2. The predicted octanol–water partition coefficient (Wildman–Crippen LogP) is 2.91. The molecule has 0 atom stereocenters. The van der Waals surface area contributed by atoms with E-state index in [0.717, 1.165) is 37.0 Å². The van der Waals surface area contributed by atoms with Gasteiger partial charge >= 0.3 is 0 Å². The minimum absolute atomic E-state index is 0.454. The van der Waals surface area contributed by atoms with Crippen molar-refractivity contribution in [1.29, 1.82) is 0 Å². The fourth-order valence-corrected chi connectivity index (χ4v) is 2.55. The highest BCUT2D eigenvalue weighted by atomic mass is 32.2. The molecule has 1 aliphatic carbocycles. The number of nitrogens with one attached hydrogen (secondary N) is 2. The first-order chi connectivity index (χ1) is 8.67. The van der Waals surface area contributed by atoms with E-state index in [-0.39, 0.29) is 0 Å². The van der Waals surface area contributed by atoms with Crippen molar-refractivity contribution in [2.45, 2.75) is 37.9 Å². The lowest BCUT2D eigenvalue weighted by molar-refractivity contribution is 0.922. The molecule has 1 aromatic heterocycles. The van der Waals surface area contributed by atoms with Crippen LogP contribution in [0.25, 0.3) is 0 Å². The van der Waals surface area contributed by atoms with Gasteiger partial charge < -0.3 is 10.6 Å². The van der Waals surface area contributed by atoms with Gasteiger partial charge in [0.2, 0.25) is 5.95 Å². The number of aromatic nitrogens is 2. The van der Waals surface area contributed by atoms with Crippen LogP contribution in [-0.2, 0) is 0 Å². The first-order valence-corrected chi connectivity index (χ1v) is 7.78. The van der Waals surface area contributed by atoms with Crippen LogP contribution in [0.1, 0.15) is 31.9 Å². The largest absolute Gasteiger partial charge is 0.369 e. The Bertz CT molecular complexity index is 404. The summed E-state index contributed by atoms with van der Waals surface area (Å²) >= 11 is 1.96. The summed E-state index contributed by atoms with van der Waals surface area (Å²) in [6.07, 6.45) is 5.89. The van der Waals surface area contributed by atoms with Gasteiger partial charge in [0.1, 0.15) is 5.82 Å². The molecule has 0 saturated heterocycles. The van der Waals surface area contributed by atoms with Crippen LogP contribution < -0.4 is 10.6 Å². The van der Waals surface area contributed by atoms with Gasteiger partial charge in [-0.25, -0.2) is 4.98 Å². The number of nitrogens with zero attached hydrogens (tertiary/aromatic N) is 2. The van der Waals surface area contributed by atoms with Crippen molar-refractivity contribution in [3.63, 3.8) is 0 Å². The van der Waals surface area contributed by atoms with Gasteiger partial charge in [0, 0.05) is 29.6 Å². The summed E-state index contributed by atoms with van der Waals surface area (Å²) in [6, 6.07) is 2.01. The molecule has 4 nitrogen and oxygen atoms in total. The Balaban J connectivity index is 1.96. The van der Waals surface area contributed by atoms with E-state index >= 15 is 0 Å². The summed E-state index contributed by atoms with van der Waals surface area (Å²) in [5, 5.41) is 6.68. The average Bonchev–Trinajstić information content (AvgIpc) is 3.14. The number of aryl methyl sites for hydroxylation is 1. The maximum absolute atomic E-state index is 4.49. The van der Waals surface area contributed by atoms with Gasteiger partial charge in [-0.05, 0) is 32.4 Å². The van der Waals surface area contributed by atoms with Crippen molar-refractivity contribution in [3.8, 4) is 0 Å². The highest BCUT2D eigenvalue weighted by Gasteiger charge is 2.41. The third kappa shape index (κ3) is 3.51. The molecule has 18 heavy (non-hydrogen) atoms. The van der Waals surface area contributed by atoms with E-state index in [1.807, 2.05) is 24.8 Å². The van der Waals surface area contributed by atoms with Crippen molar-refractivity contribution in [2.24, 2.45) is 0 Å². The fourth-order valence-electron chi connectivity index (χ4n) is 1.82. The van der Waals surface area contributed by atoms with E-state index in [2.05, 4.69) is 33.8 Å². The number of anilines is 2. The summed E-state index contributed by atoms with van der Waals surface area (Å²) in [7, 11) is 0. The minimum Gasteiger partial charge on any atom is -0.369 e. The Labute approximate surface area is 113 Å². The zero-order chi connectivity index (χ0) is 13.0. The van der Waals surface area contributed by atoms with Crippen LogP contribution in [0.2, 0.25) is 0 Å². The monoisotopic (exact) mass is 266 g/mol. The Morgan fingerprint density at radius 2 is 2.11 bits per heavy atom. The SMILES string of the molecule is CCCNc1nc(C)cc(NCC2(SC)CC2)n1. The second kappa shape index (κ2) is 5.78. The topological polar surface area (TPSA) is 49.8 Å². The van der Waals surface area contributed by atoms with E-state index in [1.54, 1.807) is 0 Å². The first-order valence-electron chi connectivity index (χ1n) is 6.56. The number of rotatable bonds is 7. The van der Waals surface area contributed by atoms with Crippen LogP contribution in [0.4, 0.5) is 11.8 Å². The highest BCUT2D eigenvalue weighted by molar-refractivity contribution is 8.00. The quantitative estimate of drug-likeness (QED) is 0.794. The Morgan fingerprint density at radius 3 is 2.72 bits per heavy atom. The molecule has 0 spiro atoms. The molecule has 5 heteroatoms. The fraction of sp³-hybridized carbons (Fsp3) is 0.692. The summed E-state index contributed by atoms with van der Waals surface area (Å²) in [5.74, 6) is 1.66. The van der Waals surface area contributed by atoms with Crippen LogP contribution in [0.5, 0.6) is 0 Å². The first kappa shape index (κ1) is 13.5. The molecule has 0 amide bonds. The normalized spacial score (nSPS) is 16.4. The average molecular weight is 266 g/mol. The molecule has 1 fully saturated rings. The van der Waals surface area contributed by atoms with E-state index in [9.17, 15) is 0 Å². The molecule has 1 heterocycles. The second-order valence-electron chi connectivity index (χ2n) is 4.89. The molecule has 2 rings (SSSR count). The third-order valence-corrected chi connectivity index (χ3v) is 4.64. The molecule has 100 valence electrons. The lowest BCUT2D eigenvalue weighted by atomic mass is 10.4. The van der Waals surface area contributed by atoms with Gasteiger partial charge in [0.25, 0.3) is 0 Å². The van der Waals surface area contributed by atoms with Crippen molar-refractivity contribution in [1.82, 2.24) is 9.97 Å². The third-order valence-electron chi connectivity index (χ3n) is 3.22. The number of thioether (sulfide) groups is 1. The van der Waals surface area contributed by atoms with Crippen LogP contribution >= 0.6 is 11.8 Å². The summed E-state index contributed by atoms with van der Waals surface area (Å²) < 4.78 is 0.454. The Hall–Kier alpha value is -0.970. The van der Waals surface area contributed by atoms with E-state index in [0.29, 0.717) is 4.75 Å². The molecule has 1 aliphatic rings. The molecule has 1 saturated carbocycles. The van der Waals surface area contributed by atoms with Gasteiger partial charge in [0.05, 0.1) is 0 Å². The van der Waals surface area contributed by atoms with E-state index < -0.39 is 0 Å². The van der Waals surface area contributed by atoms with Gasteiger partial charge in [0.15, 0.2) is 0 Å². The summed E-state index contributed by atoms with van der Waals surface area (Å²) in [4.78, 5) is 8.88. The minimum atomic E-state index is 0.454. The number of hydrogen-bond acceptors (Lipinski definition) is 5. The number of hydrogen-bond donors (Lipinski definition) is 2. The molecule has 0 unspecified atom stereocenters. The van der Waals surface area contributed by atoms with Crippen molar-refractivity contribution >= 4 is 23.5 Å². The molecule has 0 aromatic carbocycles. The van der Waals surface area contributed by atoms with Crippen molar-refractivity contribution < 1.29 is 0 Å². The standard InChI is InChI=1S/C13H22N4S/c1-4-7-14-12-16-10(2)8-11(17-12)15-9-13(18-3)5-6-13/h8H,4-7,9H2,1-3H3,(H2,14,15,16,17). The molecule has 0 radical (unpaired) electrons. The molecule has 0 bridgehead atoms. The van der Waals surface area contributed by atoms with Crippen molar-refractivity contribution in [2.75, 3.05) is 30.0 Å². The van der Waals surface area contributed by atoms with Crippen LogP contribution in [0.3, 0.4) is 0 Å². The molecule has 2 N–H and O–H groups in total.